The zero-order valence-corrected chi connectivity index (χ0v) is 23.9. The number of benzene rings is 4. The molecule has 218 valence electrons. The van der Waals surface area contributed by atoms with Gasteiger partial charge in [0.1, 0.15) is 13.2 Å². The predicted molar refractivity (Wildman–Crippen MR) is 159 cm³/mol. The van der Waals surface area contributed by atoms with Gasteiger partial charge in [-0.1, -0.05) is 121 Å². The van der Waals surface area contributed by atoms with E-state index in [4.69, 9.17) is 18.5 Å². The monoisotopic (exact) mass is 588 g/mol. The number of carbonyl (C=O) groups excluding carboxylic acids is 2. The number of hydrogen-bond acceptors (Lipinski definition) is 7. The lowest BCUT2D eigenvalue weighted by Gasteiger charge is -2.21. The summed E-state index contributed by atoms with van der Waals surface area (Å²) in [5.74, 6) is 0. The van der Waals surface area contributed by atoms with Crippen LogP contribution in [0.4, 0.5) is 9.59 Å². The van der Waals surface area contributed by atoms with Crippen LogP contribution in [0.25, 0.3) is 0 Å². The summed E-state index contributed by atoms with van der Waals surface area (Å²) in [7, 11) is -3.01. The molecule has 0 radical (unpaired) electrons. The maximum absolute atomic E-state index is 12.8. The van der Waals surface area contributed by atoms with Gasteiger partial charge in [0.2, 0.25) is 0 Å². The molecule has 0 heterocycles. The Morgan fingerprint density at radius 2 is 0.881 bits per heavy atom. The molecule has 2 atom stereocenters. The standard InChI is InChI=1S/C32H33N2O7P/c35-31(38-21-25-13-5-1-6-14-25)33-29(27-17-9-3-10-18-27)23-40-42(37)41-24-30(28-19-11-4-12-20-28)34-32(36)39-22-26-15-7-2-8-16-26/h1-20,29-30,42H,21-24H2,(H,33,35)(H,34,36). The predicted octanol–water partition coefficient (Wildman–Crippen LogP) is 6.74. The topological polar surface area (TPSA) is 112 Å². The van der Waals surface area contributed by atoms with E-state index in [9.17, 15) is 14.2 Å². The van der Waals surface area contributed by atoms with Crippen molar-refractivity contribution in [1.82, 2.24) is 10.6 Å². The smallest absolute Gasteiger partial charge is 0.408 e. The Morgan fingerprint density at radius 1 is 0.548 bits per heavy atom. The van der Waals surface area contributed by atoms with Crippen LogP contribution >= 0.6 is 8.25 Å². The SMILES string of the molecule is O=C(NC(CO[PH](=O)OCC(NC(=O)OCc1ccccc1)c1ccccc1)c1ccccc1)OCc1ccccc1. The number of carbonyl (C=O) groups is 2. The molecule has 0 spiro atoms. The summed E-state index contributed by atoms with van der Waals surface area (Å²) in [6.07, 6.45) is -1.28. The molecule has 0 bridgehead atoms. The van der Waals surface area contributed by atoms with Gasteiger partial charge in [0.05, 0.1) is 25.3 Å². The molecule has 42 heavy (non-hydrogen) atoms. The molecule has 4 aromatic rings. The number of ether oxygens (including phenoxy) is 2. The van der Waals surface area contributed by atoms with Gasteiger partial charge in [-0.2, -0.15) is 0 Å². The Kier molecular flexibility index (Phi) is 12.2. The molecule has 2 amide bonds. The van der Waals surface area contributed by atoms with E-state index in [2.05, 4.69) is 10.6 Å². The first-order chi connectivity index (χ1) is 20.6. The summed E-state index contributed by atoms with van der Waals surface area (Å²) in [6.45, 7) is -0.0254. The molecule has 0 saturated heterocycles. The minimum absolute atomic E-state index is 0.108. The average Bonchev–Trinajstić information content (AvgIpc) is 3.04. The van der Waals surface area contributed by atoms with Crippen molar-refractivity contribution in [1.29, 1.82) is 0 Å². The van der Waals surface area contributed by atoms with Gasteiger partial charge in [0.15, 0.2) is 0 Å². The van der Waals surface area contributed by atoms with E-state index < -0.39 is 32.5 Å². The van der Waals surface area contributed by atoms with Gasteiger partial charge in [-0.25, -0.2) is 9.59 Å². The molecule has 4 rings (SSSR count). The molecule has 0 aliphatic heterocycles. The Morgan fingerprint density at radius 3 is 1.24 bits per heavy atom. The molecule has 10 heteroatoms. The number of hydrogen-bond donors (Lipinski definition) is 2. The second kappa shape index (κ2) is 16.7. The van der Waals surface area contributed by atoms with Gasteiger partial charge < -0.3 is 29.2 Å². The van der Waals surface area contributed by atoms with Crippen LogP contribution in [0.5, 0.6) is 0 Å². The first-order valence-corrected chi connectivity index (χ1v) is 14.6. The van der Waals surface area contributed by atoms with Crippen molar-refractivity contribution >= 4 is 20.4 Å². The molecule has 0 aromatic heterocycles. The van der Waals surface area contributed by atoms with Crippen LogP contribution in [-0.4, -0.2) is 25.4 Å². The van der Waals surface area contributed by atoms with E-state index in [1.165, 1.54) is 0 Å². The molecular formula is C32H33N2O7P. The molecule has 0 aliphatic rings. The highest BCUT2D eigenvalue weighted by atomic mass is 31.1. The van der Waals surface area contributed by atoms with E-state index in [0.717, 1.165) is 22.3 Å². The van der Waals surface area contributed by atoms with E-state index in [1.807, 2.05) is 121 Å². The first kappa shape index (κ1) is 30.5. The fraction of sp³-hybridized carbons (Fsp3) is 0.188. The molecule has 0 fully saturated rings. The van der Waals surface area contributed by atoms with E-state index in [0.29, 0.717) is 0 Å². The highest BCUT2D eigenvalue weighted by molar-refractivity contribution is 7.33. The van der Waals surface area contributed by atoms with E-state index >= 15 is 0 Å². The minimum atomic E-state index is -3.01. The highest BCUT2D eigenvalue weighted by Gasteiger charge is 2.20. The zero-order valence-electron chi connectivity index (χ0n) is 22.9. The molecule has 2 unspecified atom stereocenters. The largest absolute Gasteiger partial charge is 0.445 e. The summed E-state index contributed by atoms with van der Waals surface area (Å²) in [6, 6.07) is 35.6. The van der Waals surface area contributed by atoms with Gasteiger partial charge in [-0.3, -0.25) is 4.57 Å². The van der Waals surface area contributed by atoms with Gasteiger partial charge >= 0.3 is 20.4 Å². The summed E-state index contributed by atoms with van der Waals surface area (Å²) in [5.41, 5.74) is 3.19. The maximum atomic E-state index is 12.8. The van der Waals surface area contributed by atoms with Gasteiger partial charge in [0.25, 0.3) is 0 Å². The van der Waals surface area contributed by atoms with Crippen molar-refractivity contribution in [2.45, 2.75) is 25.3 Å². The second-order valence-electron chi connectivity index (χ2n) is 9.21. The van der Waals surface area contributed by atoms with Gasteiger partial charge in [-0.15, -0.1) is 0 Å². The Hall–Kier alpha value is -4.43. The summed E-state index contributed by atoms with van der Waals surface area (Å²) >= 11 is 0. The van der Waals surface area contributed by atoms with E-state index in [-0.39, 0.29) is 26.4 Å². The van der Waals surface area contributed by atoms with Gasteiger partial charge in [-0.05, 0) is 22.3 Å². The lowest BCUT2D eigenvalue weighted by molar-refractivity contribution is 0.125. The lowest BCUT2D eigenvalue weighted by Crippen LogP contribution is -2.32. The number of alkyl carbamates (subject to hydrolysis) is 2. The average molecular weight is 589 g/mol. The molecular weight excluding hydrogens is 555 g/mol. The second-order valence-corrected chi connectivity index (χ2v) is 10.3. The van der Waals surface area contributed by atoms with Crippen LogP contribution in [0, 0.1) is 0 Å². The highest BCUT2D eigenvalue weighted by Crippen LogP contribution is 2.29. The third kappa shape index (κ3) is 10.5. The fourth-order valence-electron chi connectivity index (χ4n) is 3.97. The van der Waals surface area contributed by atoms with Gasteiger partial charge in [0, 0.05) is 0 Å². The normalized spacial score (nSPS) is 12.9. The lowest BCUT2D eigenvalue weighted by atomic mass is 10.1. The Bertz CT molecular complexity index is 1290. The van der Waals surface area contributed by atoms with Crippen molar-refractivity contribution in [3.05, 3.63) is 144 Å². The molecule has 2 N–H and O–H groups in total. The molecule has 9 nitrogen and oxygen atoms in total. The van der Waals surface area contributed by atoms with Crippen LogP contribution < -0.4 is 10.6 Å². The number of nitrogens with one attached hydrogen (secondary N) is 2. The molecule has 0 aliphatic carbocycles. The summed E-state index contributed by atoms with van der Waals surface area (Å²) < 4.78 is 34.5. The third-order valence-corrected chi connectivity index (χ3v) is 6.95. The summed E-state index contributed by atoms with van der Waals surface area (Å²) in [5, 5.41) is 5.53. The van der Waals surface area contributed by atoms with Crippen molar-refractivity contribution in [2.24, 2.45) is 0 Å². The van der Waals surface area contributed by atoms with Crippen molar-refractivity contribution in [2.75, 3.05) is 13.2 Å². The fourth-order valence-corrected chi connectivity index (χ4v) is 4.66. The van der Waals surface area contributed by atoms with Crippen molar-refractivity contribution in [3.63, 3.8) is 0 Å². The van der Waals surface area contributed by atoms with E-state index in [1.54, 1.807) is 0 Å². The van der Waals surface area contributed by atoms with Crippen LogP contribution in [0.15, 0.2) is 121 Å². The zero-order chi connectivity index (χ0) is 29.4. The number of rotatable bonds is 14. The van der Waals surface area contributed by atoms with Crippen LogP contribution in [0.2, 0.25) is 0 Å². The maximum Gasteiger partial charge on any atom is 0.408 e. The Labute approximate surface area is 245 Å². The first-order valence-electron chi connectivity index (χ1n) is 13.4. The van der Waals surface area contributed by atoms with Crippen molar-refractivity contribution < 1.29 is 32.7 Å². The minimum Gasteiger partial charge on any atom is -0.445 e. The van der Waals surface area contributed by atoms with Crippen LogP contribution in [0.3, 0.4) is 0 Å². The number of amides is 2. The quantitative estimate of drug-likeness (QED) is 0.157. The van der Waals surface area contributed by atoms with Crippen LogP contribution in [-0.2, 0) is 36.3 Å². The van der Waals surface area contributed by atoms with Crippen LogP contribution in [0.1, 0.15) is 34.3 Å². The molecule has 4 aromatic carbocycles. The van der Waals surface area contributed by atoms with Crippen molar-refractivity contribution in [3.8, 4) is 0 Å². The summed E-state index contributed by atoms with van der Waals surface area (Å²) in [4.78, 5) is 25.0. The third-order valence-electron chi connectivity index (χ3n) is 6.15. The Balaban J connectivity index is 1.30. The molecule has 0 saturated carbocycles.